The van der Waals surface area contributed by atoms with Crippen LogP contribution in [0.3, 0.4) is 0 Å². The molecule has 0 saturated heterocycles. The summed E-state index contributed by atoms with van der Waals surface area (Å²) in [6.45, 7) is 4.68. The molecule has 1 fully saturated rings. The molecular formula is C15H22ClNO. The van der Waals surface area contributed by atoms with Gasteiger partial charge in [0.25, 0.3) is 0 Å². The van der Waals surface area contributed by atoms with E-state index in [9.17, 15) is 0 Å². The number of benzene rings is 1. The SMILES string of the molecule is COc1ccc(NC2CC(C)CC(C)C2)cc1Cl. The van der Waals surface area contributed by atoms with Gasteiger partial charge in [-0.15, -0.1) is 0 Å². The standard InChI is InChI=1S/C15H22ClNO/c1-10-6-11(2)8-13(7-10)17-12-4-5-15(18-3)14(16)9-12/h4-5,9-11,13,17H,6-8H2,1-3H3. The van der Waals surface area contributed by atoms with Gasteiger partial charge in [-0.2, -0.15) is 0 Å². The third kappa shape index (κ3) is 3.32. The highest BCUT2D eigenvalue weighted by Crippen LogP contribution is 2.32. The molecule has 2 unspecified atom stereocenters. The van der Waals surface area contributed by atoms with Gasteiger partial charge in [0.15, 0.2) is 0 Å². The molecule has 100 valence electrons. The first-order valence-corrected chi connectivity index (χ1v) is 7.06. The summed E-state index contributed by atoms with van der Waals surface area (Å²) in [5, 5.41) is 4.26. The molecule has 0 aliphatic heterocycles. The first kappa shape index (κ1) is 13.5. The average molecular weight is 268 g/mol. The van der Waals surface area contributed by atoms with Crippen LogP contribution in [0.2, 0.25) is 5.02 Å². The van der Waals surface area contributed by atoms with Crippen LogP contribution < -0.4 is 10.1 Å². The normalized spacial score (nSPS) is 27.9. The molecule has 0 amide bonds. The van der Waals surface area contributed by atoms with Crippen molar-refractivity contribution >= 4 is 17.3 Å². The van der Waals surface area contributed by atoms with E-state index in [1.54, 1.807) is 7.11 Å². The number of hydrogen-bond acceptors (Lipinski definition) is 2. The van der Waals surface area contributed by atoms with Gasteiger partial charge in [0.1, 0.15) is 5.75 Å². The van der Waals surface area contributed by atoms with Crippen LogP contribution >= 0.6 is 11.6 Å². The Balaban J connectivity index is 2.02. The molecule has 0 radical (unpaired) electrons. The van der Waals surface area contributed by atoms with Crippen LogP contribution in [-0.2, 0) is 0 Å². The topological polar surface area (TPSA) is 21.3 Å². The summed E-state index contributed by atoms with van der Waals surface area (Å²) in [6.07, 6.45) is 3.84. The van der Waals surface area contributed by atoms with Crippen LogP contribution in [-0.4, -0.2) is 13.2 Å². The van der Waals surface area contributed by atoms with E-state index in [4.69, 9.17) is 16.3 Å². The molecule has 2 rings (SSSR count). The van der Waals surface area contributed by atoms with Gasteiger partial charge in [-0.25, -0.2) is 0 Å². The second-order valence-corrected chi connectivity index (χ2v) is 6.02. The summed E-state index contributed by atoms with van der Waals surface area (Å²) >= 11 is 6.14. The Morgan fingerprint density at radius 1 is 1.17 bits per heavy atom. The van der Waals surface area contributed by atoms with Crippen LogP contribution in [0.1, 0.15) is 33.1 Å². The van der Waals surface area contributed by atoms with Crippen LogP contribution in [0.25, 0.3) is 0 Å². The summed E-state index contributed by atoms with van der Waals surface area (Å²) in [5.74, 6) is 2.34. The monoisotopic (exact) mass is 267 g/mol. The van der Waals surface area contributed by atoms with E-state index in [0.29, 0.717) is 11.1 Å². The fraction of sp³-hybridized carbons (Fsp3) is 0.600. The van der Waals surface area contributed by atoms with Gasteiger partial charge in [0.2, 0.25) is 0 Å². The van der Waals surface area contributed by atoms with Crippen molar-refractivity contribution in [2.24, 2.45) is 11.8 Å². The number of anilines is 1. The Bertz CT molecular complexity index is 397. The third-order valence-electron chi connectivity index (χ3n) is 3.70. The van der Waals surface area contributed by atoms with Crippen molar-refractivity contribution in [3.63, 3.8) is 0 Å². The number of nitrogens with one attached hydrogen (secondary N) is 1. The highest BCUT2D eigenvalue weighted by atomic mass is 35.5. The van der Waals surface area contributed by atoms with Crippen molar-refractivity contribution in [3.05, 3.63) is 23.2 Å². The molecule has 1 aliphatic carbocycles. The second kappa shape index (κ2) is 5.83. The van der Waals surface area contributed by atoms with Gasteiger partial charge in [0.05, 0.1) is 12.1 Å². The Morgan fingerprint density at radius 2 is 1.83 bits per heavy atom. The number of halogens is 1. The lowest BCUT2D eigenvalue weighted by Crippen LogP contribution is -2.30. The molecule has 2 nitrogen and oxygen atoms in total. The summed E-state index contributed by atoms with van der Waals surface area (Å²) in [6, 6.07) is 6.47. The molecule has 0 heterocycles. The molecule has 18 heavy (non-hydrogen) atoms. The van der Waals surface area contributed by atoms with E-state index >= 15 is 0 Å². The third-order valence-corrected chi connectivity index (χ3v) is 4.00. The van der Waals surface area contributed by atoms with Crippen molar-refractivity contribution in [1.82, 2.24) is 0 Å². The zero-order valence-corrected chi connectivity index (χ0v) is 12.1. The Hall–Kier alpha value is -0.890. The van der Waals surface area contributed by atoms with Gasteiger partial charge in [-0.1, -0.05) is 25.4 Å². The van der Waals surface area contributed by atoms with Gasteiger partial charge in [-0.05, 0) is 49.3 Å². The van der Waals surface area contributed by atoms with Crippen LogP contribution in [0, 0.1) is 11.8 Å². The first-order valence-electron chi connectivity index (χ1n) is 6.68. The van der Waals surface area contributed by atoms with Crippen molar-refractivity contribution in [1.29, 1.82) is 0 Å². The van der Waals surface area contributed by atoms with Gasteiger partial charge in [0, 0.05) is 11.7 Å². The lowest BCUT2D eigenvalue weighted by Gasteiger charge is -2.32. The largest absolute Gasteiger partial charge is 0.495 e. The fourth-order valence-corrected chi connectivity index (χ4v) is 3.31. The maximum absolute atomic E-state index is 6.14. The summed E-state index contributed by atoms with van der Waals surface area (Å²) < 4.78 is 5.16. The minimum Gasteiger partial charge on any atom is -0.495 e. The minimum absolute atomic E-state index is 0.563. The number of ether oxygens (including phenoxy) is 1. The lowest BCUT2D eigenvalue weighted by atomic mass is 9.80. The average Bonchev–Trinajstić information content (AvgIpc) is 2.27. The molecule has 1 N–H and O–H groups in total. The van der Waals surface area contributed by atoms with Gasteiger partial charge in [-0.3, -0.25) is 0 Å². The van der Waals surface area contributed by atoms with E-state index in [1.165, 1.54) is 19.3 Å². The maximum Gasteiger partial charge on any atom is 0.137 e. The molecular weight excluding hydrogens is 246 g/mol. The molecule has 2 atom stereocenters. The summed E-state index contributed by atoms with van der Waals surface area (Å²) in [7, 11) is 1.64. The van der Waals surface area contributed by atoms with E-state index in [0.717, 1.165) is 23.3 Å². The van der Waals surface area contributed by atoms with Crippen molar-refractivity contribution in [2.45, 2.75) is 39.2 Å². The molecule has 0 aromatic heterocycles. The van der Waals surface area contributed by atoms with E-state index < -0.39 is 0 Å². The van der Waals surface area contributed by atoms with Crippen molar-refractivity contribution < 1.29 is 4.74 Å². The van der Waals surface area contributed by atoms with Gasteiger partial charge >= 0.3 is 0 Å². The smallest absolute Gasteiger partial charge is 0.137 e. The highest BCUT2D eigenvalue weighted by molar-refractivity contribution is 6.32. The highest BCUT2D eigenvalue weighted by Gasteiger charge is 2.23. The lowest BCUT2D eigenvalue weighted by molar-refractivity contribution is 0.281. The molecule has 1 aromatic carbocycles. The number of rotatable bonds is 3. The maximum atomic E-state index is 6.14. The number of hydrogen-bond donors (Lipinski definition) is 1. The molecule has 1 aromatic rings. The predicted molar refractivity (Wildman–Crippen MR) is 77.6 cm³/mol. The zero-order valence-electron chi connectivity index (χ0n) is 11.4. The molecule has 0 bridgehead atoms. The van der Waals surface area contributed by atoms with Crippen LogP contribution in [0.15, 0.2) is 18.2 Å². The molecule has 1 saturated carbocycles. The van der Waals surface area contributed by atoms with E-state index in [-0.39, 0.29) is 0 Å². The fourth-order valence-electron chi connectivity index (χ4n) is 3.06. The quantitative estimate of drug-likeness (QED) is 0.865. The molecule has 0 spiro atoms. The predicted octanol–water partition coefficient (Wildman–Crippen LogP) is 4.59. The van der Waals surface area contributed by atoms with E-state index in [2.05, 4.69) is 19.2 Å². The molecule has 3 heteroatoms. The zero-order chi connectivity index (χ0) is 13.1. The van der Waals surface area contributed by atoms with Gasteiger partial charge < -0.3 is 10.1 Å². The summed E-state index contributed by atoms with van der Waals surface area (Å²) in [5.41, 5.74) is 1.09. The summed E-state index contributed by atoms with van der Waals surface area (Å²) in [4.78, 5) is 0. The van der Waals surface area contributed by atoms with Crippen molar-refractivity contribution in [3.8, 4) is 5.75 Å². The Kier molecular flexibility index (Phi) is 4.39. The van der Waals surface area contributed by atoms with Crippen LogP contribution in [0.5, 0.6) is 5.75 Å². The van der Waals surface area contributed by atoms with Crippen molar-refractivity contribution in [2.75, 3.05) is 12.4 Å². The molecule has 1 aliphatic rings. The Morgan fingerprint density at radius 3 is 2.39 bits per heavy atom. The van der Waals surface area contributed by atoms with E-state index in [1.807, 2.05) is 18.2 Å². The second-order valence-electron chi connectivity index (χ2n) is 5.61. The van der Waals surface area contributed by atoms with Crippen LogP contribution in [0.4, 0.5) is 5.69 Å². The minimum atomic E-state index is 0.563. The first-order chi connectivity index (χ1) is 8.58. The number of methoxy groups -OCH3 is 1. The Labute approximate surface area is 115 Å².